The first-order valence-corrected chi connectivity index (χ1v) is 4.45. The first-order chi connectivity index (χ1) is 6.92. The van der Waals surface area contributed by atoms with E-state index in [4.69, 9.17) is 5.11 Å². The van der Waals surface area contributed by atoms with E-state index in [1.807, 2.05) is 24.3 Å². The molecule has 0 aliphatic carbocycles. The molecule has 1 aromatic heterocycles. The van der Waals surface area contributed by atoms with Crippen molar-refractivity contribution in [1.82, 2.24) is 14.8 Å². The smallest absolute Gasteiger partial charge is 0.138 e. The predicted molar refractivity (Wildman–Crippen MR) is 52.1 cm³/mol. The van der Waals surface area contributed by atoms with Crippen LogP contribution in [0.4, 0.5) is 0 Å². The highest BCUT2D eigenvalue weighted by atomic mass is 16.2. The maximum atomic E-state index is 8.90. The van der Waals surface area contributed by atoms with Crippen molar-refractivity contribution in [2.45, 2.75) is 6.42 Å². The average molecular weight is 189 g/mol. The number of rotatable bonds is 3. The summed E-state index contributed by atoms with van der Waals surface area (Å²) >= 11 is 0. The van der Waals surface area contributed by atoms with Crippen LogP contribution in [0.2, 0.25) is 0 Å². The van der Waals surface area contributed by atoms with Gasteiger partial charge >= 0.3 is 0 Å². The Morgan fingerprint density at radius 1 is 1.29 bits per heavy atom. The Morgan fingerprint density at radius 2 is 2.14 bits per heavy atom. The first-order valence-electron chi connectivity index (χ1n) is 4.45. The Bertz CT molecular complexity index is 398. The molecule has 4 heteroatoms. The SMILES string of the molecule is OCCc1ccccc1-n1cncn1. The molecule has 4 nitrogen and oxygen atoms in total. The van der Waals surface area contributed by atoms with Gasteiger partial charge in [0.05, 0.1) is 5.69 Å². The molecule has 0 aliphatic rings. The van der Waals surface area contributed by atoms with Crippen molar-refractivity contribution in [3.63, 3.8) is 0 Å². The number of nitrogens with zero attached hydrogens (tertiary/aromatic N) is 3. The molecule has 0 unspecified atom stereocenters. The summed E-state index contributed by atoms with van der Waals surface area (Å²) in [6, 6.07) is 7.83. The zero-order valence-electron chi connectivity index (χ0n) is 7.67. The third-order valence-corrected chi connectivity index (χ3v) is 2.04. The van der Waals surface area contributed by atoms with Crippen molar-refractivity contribution in [1.29, 1.82) is 0 Å². The van der Waals surface area contributed by atoms with E-state index in [1.54, 1.807) is 11.0 Å². The number of hydrogen-bond donors (Lipinski definition) is 1. The fourth-order valence-electron chi connectivity index (χ4n) is 1.40. The molecule has 14 heavy (non-hydrogen) atoms. The lowest BCUT2D eigenvalue weighted by Gasteiger charge is -2.06. The summed E-state index contributed by atoms with van der Waals surface area (Å²) < 4.78 is 1.70. The van der Waals surface area contributed by atoms with Gasteiger partial charge in [0.2, 0.25) is 0 Å². The molecule has 1 N–H and O–H groups in total. The van der Waals surface area contributed by atoms with Crippen LogP contribution in [0.5, 0.6) is 0 Å². The van der Waals surface area contributed by atoms with Gasteiger partial charge in [0.15, 0.2) is 0 Å². The van der Waals surface area contributed by atoms with Gasteiger partial charge in [-0.05, 0) is 18.1 Å². The molecule has 0 spiro atoms. The highest BCUT2D eigenvalue weighted by Gasteiger charge is 2.02. The number of hydrogen-bond acceptors (Lipinski definition) is 3. The Labute approximate surface area is 81.8 Å². The largest absolute Gasteiger partial charge is 0.396 e. The van der Waals surface area contributed by atoms with E-state index >= 15 is 0 Å². The number of benzene rings is 1. The second kappa shape index (κ2) is 4.02. The van der Waals surface area contributed by atoms with E-state index in [1.165, 1.54) is 6.33 Å². The monoisotopic (exact) mass is 189 g/mol. The Balaban J connectivity index is 2.42. The first kappa shape index (κ1) is 8.90. The second-order valence-electron chi connectivity index (χ2n) is 2.94. The van der Waals surface area contributed by atoms with E-state index in [0.717, 1.165) is 11.3 Å². The van der Waals surface area contributed by atoms with Gasteiger partial charge in [0, 0.05) is 6.61 Å². The number of para-hydroxylation sites is 1. The van der Waals surface area contributed by atoms with Crippen LogP contribution in [0.1, 0.15) is 5.56 Å². The van der Waals surface area contributed by atoms with Gasteiger partial charge in [-0.2, -0.15) is 5.10 Å². The molecule has 0 saturated carbocycles. The molecule has 72 valence electrons. The van der Waals surface area contributed by atoms with Crippen molar-refractivity contribution < 1.29 is 5.11 Å². The summed E-state index contributed by atoms with van der Waals surface area (Å²) in [5.74, 6) is 0. The van der Waals surface area contributed by atoms with E-state index < -0.39 is 0 Å². The van der Waals surface area contributed by atoms with Crippen molar-refractivity contribution >= 4 is 0 Å². The van der Waals surface area contributed by atoms with Gasteiger partial charge < -0.3 is 5.11 Å². The van der Waals surface area contributed by atoms with Gasteiger partial charge in [-0.25, -0.2) is 9.67 Å². The summed E-state index contributed by atoms with van der Waals surface area (Å²) in [6.45, 7) is 0.145. The van der Waals surface area contributed by atoms with Gasteiger partial charge in [0.1, 0.15) is 12.7 Å². The lowest BCUT2D eigenvalue weighted by atomic mass is 10.1. The minimum Gasteiger partial charge on any atom is -0.396 e. The molecule has 0 amide bonds. The van der Waals surface area contributed by atoms with Crippen LogP contribution >= 0.6 is 0 Å². The van der Waals surface area contributed by atoms with Crippen molar-refractivity contribution in [3.8, 4) is 5.69 Å². The van der Waals surface area contributed by atoms with Crippen LogP contribution in [0.3, 0.4) is 0 Å². The second-order valence-corrected chi connectivity index (χ2v) is 2.94. The number of aliphatic hydroxyl groups excluding tert-OH is 1. The van der Waals surface area contributed by atoms with E-state index in [9.17, 15) is 0 Å². The number of aliphatic hydroxyl groups is 1. The average Bonchev–Trinajstić information content (AvgIpc) is 2.72. The minimum atomic E-state index is 0.145. The van der Waals surface area contributed by atoms with Crippen LogP contribution < -0.4 is 0 Å². The topological polar surface area (TPSA) is 50.9 Å². The summed E-state index contributed by atoms with van der Waals surface area (Å²) in [5, 5.41) is 12.9. The third-order valence-electron chi connectivity index (χ3n) is 2.04. The number of aromatic nitrogens is 3. The maximum absolute atomic E-state index is 8.90. The van der Waals surface area contributed by atoms with Crippen LogP contribution in [-0.4, -0.2) is 26.5 Å². The van der Waals surface area contributed by atoms with Crippen LogP contribution in [0.15, 0.2) is 36.9 Å². The molecule has 0 saturated heterocycles. The zero-order valence-corrected chi connectivity index (χ0v) is 7.67. The molecule has 1 heterocycles. The Kier molecular flexibility index (Phi) is 2.55. The molecule has 1 aromatic carbocycles. The molecular formula is C10H11N3O. The summed E-state index contributed by atoms with van der Waals surface area (Å²) in [7, 11) is 0. The van der Waals surface area contributed by atoms with Crippen molar-refractivity contribution in [2.24, 2.45) is 0 Å². The molecular weight excluding hydrogens is 178 g/mol. The van der Waals surface area contributed by atoms with Crippen LogP contribution in [0, 0.1) is 0 Å². The van der Waals surface area contributed by atoms with Gasteiger partial charge in [-0.1, -0.05) is 18.2 Å². The van der Waals surface area contributed by atoms with E-state index in [2.05, 4.69) is 10.1 Å². The van der Waals surface area contributed by atoms with E-state index in [0.29, 0.717) is 6.42 Å². The third kappa shape index (κ3) is 1.65. The minimum absolute atomic E-state index is 0.145. The van der Waals surface area contributed by atoms with Crippen LogP contribution in [0.25, 0.3) is 5.69 Å². The summed E-state index contributed by atoms with van der Waals surface area (Å²) in [5.41, 5.74) is 2.04. The van der Waals surface area contributed by atoms with Crippen molar-refractivity contribution in [3.05, 3.63) is 42.5 Å². The Morgan fingerprint density at radius 3 is 2.86 bits per heavy atom. The zero-order chi connectivity index (χ0) is 9.80. The molecule has 0 radical (unpaired) electrons. The lowest BCUT2D eigenvalue weighted by Crippen LogP contribution is -2.01. The highest BCUT2D eigenvalue weighted by Crippen LogP contribution is 2.12. The molecule has 0 aliphatic heterocycles. The predicted octanol–water partition coefficient (Wildman–Crippen LogP) is 0.802. The van der Waals surface area contributed by atoms with Gasteiger partial charge in [-0.15, -0.1) is 0 Å². The summed E-state index contributed by atoms with van der Waals surface area (Å²) in [6.07, 6.45) is 3.78. The maximum Gasteiger partial charge on any atom is 0.138 e. The normalized spacial score (nSPS) is 10.4. The quantitative estimate of drug-likeness (QED) is 0.777. The highest BCUT2D eigenvalue weighted by molar-refractivity contribution is 5.39. The molecule has 0 fully saturated rings. The summed E-state index contributed by atoms with van der Waals surface area (Å²) in [4.78, 5) is 3.89. The fraction of sp³-hybridized carbons (Fsp3) is 0.200. The molecule has 2 aromatic rings. The Hall–Kier alpha value is -1.68. The lowest BCUT2D eigenvalue weighted by molar-refractivity contribution is 0.299. The molecule has 0 atom stereocenters. The molecule has 0 bridgehead atoms. The van der Waals surface area contributed by atoms with Crippen LogP contribution in [-0.2, 0) is 6.42 Å². The van der Waals surface area contributed by atoms with Gasteiger partial charge in [-0.3, -0.25) is 0 Å². The fourth-order valence-corrected chi connectivity index (χ4v) is 1.40. The molecule has 2 rings (SSSR count). The standard InChI is InChI=1S/C10H11N3O/c14-6-5-9-3-1-2-4-10(9)13-8-11-7-12-13/h1-4,7-8,14H,5-6H2. The van der Waals surface area contributed by atoms with E-state index in [-0.39, 0.29) is 6.61 Å². The van der Waals surface area contributed by atoms with Crippen molar-refractivity contribution in [2.75, 3.05) is 6.61 Å². The van der Waals surface area contributed by atoms with Gasteiger partial charge in [0.25, 0.3) is 0 Å².